The van der Waals surface area contributed by atoms with Crippen LogP contribution in [-0.2, 0) is 16.0 Å². The lowest BCUT2D eigenvalue weighted by molar-refractivity contribution is -0.137. The van der Waals surface area contributed by atoms with E-state index in [9.17, 15) is 14.7 Å². The second kappa shape index (κ2) is 9.54. The number of aromatic amines is 1. The highest BCUT2D eigenvalue weighted by atomic mass is 16.3. The molecule has 1 saturated heterocycles. The number of likely N-dealkylation sites (tertiary alicyclic amines) is 1. The maximum atomic E-state index is 12.7. The van der Waals surface area contributed by atoms with Crippen molar-refractivity contribution in [2.75, 3.05) is 13.1 Å². The van der Waals surface area contributed by atoms with Crippen LogP contribution < -0.4 is 5.32 Å². The molecule has 1 aromatic heterocycles. The van der Waals surface area contributed by atoms with Crippen LogP contribution in [0.15, 0.2) is 24.4 Å². The summed E-state index contributed by atoms with van der Waals surface area (Å²) in [5, 5.41) is 13.6. The molecule has 1 aromatic carbocycles. The summed E-state index contributed by atoms with van der Waals surface area (Å²) >= 11 is 0. The lowest BCUT2D eigenvalue weighted by Gasteiger charge is -2.44. The van der Waals surface area contributed by atoms with E-state index in [2.05, 4.69) is 15.2 Å². The molecule has 6 heteroatoms. The number of rotatable bonds is 7. The van der Waals surface area contributed by atoms with Gasteiger partial charge in [-0.2, -0.15) is 0 Å². The average Bonchev–Trinajstić information content (AvgIpc) is 3.15. The van der Waals surface area contributed by atoms with Crippen LogP contribution in [0.25, 0.3) is 10.9 Å². The highest BCUT2D eigenvalue weighted by Gasteiger charge is 2.35. The number of fused-ring (bicyclic) bond motifs is 2. The molecule has 1 aliphatic carbocycles. The summed E-state index contributed by atoms with van der Waals surface area (Å²) in [6.45, 7) is 1.44. The molecule has 0 spiro atoms. The predicted octanol–water partition coefficient (Wildman–Crippen LogP) is 3.88. The Morgan fingerprint density at radius 3 is 2.87 bits per heavy atom. The molecule has 2 atom stereocenters. The molecule has 3 N–H and O–H groups in total. The van der Waals surface area contributed by atoms with Gasteiger partial charge in [-0.05, 0) is 68.2 Å². The number of hydrogen-bond acceptors (Lipinski definition) is 3. The van der Waals surface area contributed by atoms with Gasteiger partial charge in [0.05, 0.1) is 0 Å². The second-order valence-corrected chi connectivity index (χ2v) is 8.84. The predicted molar refractivity (Wildman–Crippen MR) is 117 cm³/mol. The minimum atomic E-state index is -0.000300. The Balaban J connectivity index is 1.18. The lowest BCUT2D eigenvalue weighted by Crippen LogP contribution is -2.49. The standard InChI is InChI=1S/C24H33N3O3/c28-19-10-11-21-20(15-19)18(16-26-21)12-13-25-23(29)8-3-9-24(30)27-14-4-6-17-5-1-2-7-22(17)27/h10-11,15-17,22,26,28H,1-9,12-14H2,(H,25,29). The molecule has 2 amide bonds. The summed E-state index contributed by atoms with van der Waals surface area (Å²) in [4.78, 5) is 30.2. The highest BCUT2D eigenvalue weighted by molar-refractivity contribution is 5.84. The number of benzene rings is 1. The fourth-order valence-electron chi connectivity index (χ4n) is 5.28. The molecule has 6 nitrogen and oxygen atoms in total. The molecule has 2 unspecified atom stereocenters. The first-order chi connectivity index (χ1) is 14.6. The molecule has 0 radical (unpaired) electrons. The zero-order valence-corrected chi connectivity index (χ0v) is 17.7. The fraction of sp³-hybridized carbons (Fsp3) is 0.583. The third-order valence-corrected chi connectivity index (χ3v) is 6.83. The van der Waals surface area contributed by atoms with Crippen molar-refractivity contribution in [1.82, 2.24) is 15.2 Å². The second-order valence-electron chi connectivity index (χ2n) is 8.84. The first-order valence-corrected chi connectivity index (χ1v) is 11.5. The van der Waals surface area contributed by atoms with Crippen molar-refractivity contribution in [3.63, 3.8) is 0 Å². The number of carbonyl (C=O) groups excluding carboxylic acids is 2. The van der Waals surface area contributed by atoms with Crippen LogP contribution in [0, 0.1) is 5.92 Å². The number of aromatic hydroxyl groups is 1. The Labute approximate surface area is 178 Å². The Morgan fingerprint density at radius 2 is 1.97 bits per heavy atom. The smallest absolute Gasteiger partial charge is 0.222 e. The van der Waals surface area contributed by atoms with E-state index in [0.717, 1.165) is 35.9 Å². The quantitative estimate of drug-likeness (QED) is 0.646. The SMILES string of the molecule is O=C(CCCC(=O)N1CCCC2CCCCC21)NCCc1c[nH]c2ccc(O)cc12. The third kappa shape index (κ3) is 4.79. The van der Waals surface area contributed by atoms with E-state index >= 15 is 0 Å². The van der Waals surface area contributed by atoms with E-state index in [1.807, 2.05) is 12.3 Å². The Kier molecular flexibility index (Phi) is 6.60. The van der Waals surface area contributed by atoms with Gasteiger partial charge in [0.1, 0.15) is 5.75 Å². The van der Waals surface area contributed by atoms with Crippen LogP contribution in [0.3, 0.4) is 0 Å². The first kappa shape index (κ1) is 20.8. The summed E-state index contributed by atoms with van der Waals surface area (Å²) in [5.74, 6) is 1.18. The molecular weight excluding hydrogens is 378 g/mol. The number of carbonyl (C=O) groups is 2. The van der Waals surface area contributed by atoms with E-state index in [4.69, 9.17) is 0 Å². The van der Waals surface area contributed by atoms with E-state index in [-0.39, 0.29) is 17.6 Å². The number of hydrogen-bond donors (Lipinski definition) is 3. The van der Waals surface area contributed by atoms with Crippen molar-refractivity contribution in [3.05, 3.63) is 30.0 Å². The van der Waals surface area contributed by atoms with E-state index in [0.29, 0.717) is 44.2 Å². The molecule has 0 bridgehead atoms. The molecule has 1 saturated carbocycles. The summed E-state index contributed by atoms with van der Waals surface area (Å²) in [7, 11) is 0. The van der Waals surface area contributed by atoms with Crippen LogP contribution in [0.5, 0.6) is 5.75 Å². The van der Waals surface area contributed by atoms with Crippen molar-refractivity contribution in [2.24, 2.45) is 5.92 Å². The van der Waals surface area contributed by atoms with E-state index in [1.54, 1.807) is 12.1 Å². The molecule has 2 aromatic rings. The average molecular weight is 412 g/mol. The third-order valence-electron chi connectivity index (χ3n) is 6.83. The van der Waals surface area contributed by atoms with Crippen LogP contribution in [0.1, 0.15) is 63.4 Å². The van der Waals surface area contributed by atoms with Crippen LogP contribution in [-0.4, -0.2) is 45.9 Å². The zero-order chi connectivity index (χ0) is 20.9. The van der Waals surface area contributed by atoms with Gasteiger partial charge >= 0.3 is 0 Å². The number of piperidine rings is 1. The first-order valence-electron chi connectivity index (χ1n) is 11.5. The number of phenols is 1. The van der Waals surface area contributed by atoms with Gasteiger partial charge in [-0.1, -0.05) is 12.8 Å². The lowest BCUT2D eigenvalue weighted by atomic mass is 9.78. The van der Waals surface area contributed by atoms with Gasteiger partial charge in [-0.15, -0.1) is 0 Å². The highest BCUT2D eigenvalue weighted by Crippen LogP contribution is 2.35. The van der Waals surface area contributed by atoms with Gasteiger partial charge in [-0.25, -0.2) is 0 Å². The monoisotopic (exact) mass is 411 g/mol. The molecule has 30 heavy (non-hydrogen) atoms. The molecule has 2 aliphatic rings. The summed E-state index contributed by atoms with van der Waals surface area (Å²) in [6, 6.07) is 5.70. The van der Waals surface area contributed by atoms with Crippen LogP contribution >= 0.6 is 0 Å². The minimum Gasteiger partial charge on any atom is -0.508 e. The molecule has 2 fully saturated rings. The maximum Gasteiger partial charge on any atom is 0.222 e. The Bertz CT molecular complexity index is 889. The van der Waals surface area contributed by atoms with Crippen LogP contribution in [0.2, 0.25) is 0 Å². The van der Waals surface area contributed by atoms with Crippen molar-refractivity contribution in [2.45, 2.75) is 70.3 Å². The zero-order valence-electron chi connectivity index (χ0n) is 17.7. The Hall–Kier alpha value is -2.50. The van der Waals surface area contributed by atoms with Crippen molar-refractivity contribution >= 4 is 22.7 Å². The topological polar surface area (TPSA) is 85.4 Å². The molecule has 2 heterocycles. The number of nitrogens with one attached hydrogen (secondary N) is 2. The number of H-pyrrole nitrogens is 1. The number of nitrogens with zero attached hydrogens (tertiary/aromatic N) is 1. The van der Waals surface area contributed by atoms with E-state index < -0.39 is 0 Å². The molecule has 162 valence electrons. The van der Waals surface area contributed by atoms with Crippen molar-refractivity contribution in [1.29, 1.82) is 0 Å². The summed E-state index contributed by atoms with van der Waals surface area (Å²) < 4.78 is 0. The van der Waals surface area contributed by atoms with Gasteiger partial charge in [0.2, 0.25) is 11.8 Å². The van der Waals surface area contributed by atoms with Crippen LogP contribution in [0.4, 0.5) is 0 Å². The van der Waals surface area contributed by atoms with Gasteiger partial charge in [-0.3, -0.25) is 9.59 Å². The number of phenolic OH excluding ortho intramolecular Hbond substituents is 1. The molecule has 1 aliphatic heterocycles. The van der Waals surface area contributed by atoms with Gasteiger partial charge in [0.15, 0.2) is 0 Å². The maximum absolute atomic E-state index is 12.7. The fourth-order valence-corrected chi connectivity index (χ4v) is 5.28. The normalized spacial score (nSPS) is 21.4. The summed E-state index contributed by atoms with van der Waals surface area (Å²) in [6.07, 6.45) is 11.5. The molecule has 4 rings (SSSR count). The number of aromatic nitrogens is 1. The number of amides is 2. The minimum absolute atomic E-state index is 0.000300. The summed E-state index contributed by atoms with van der Waals surface area (Å²) in [5.41, 5.74) is 2.05. The van der Waals surface area contributed by atoms with Gasteiger partial charge in [0, 0.05) is 49.1 Å². The Morgan fingerprint density at radius 1 is 1.13 bits per heavy atom. The van der Waals surface area contributed by atoms with Crippen molar-refractivity contribution < 1.29 is 14.7 Å². The molecular formula is C24H33N3O3. The van der Waals surface area contributed by atoms with E-state index in [1.165, 1.54) is 25.7 Å². The largest absolute Gasteiger partial charge is 0.508 e. The van der Waals surface area contributed by atoms with Crippen molar-refractivity contribution in [3.8, 4) is 5.75 Å². The van der Waals surface area contributed by atoms with Gasteiger partial charge < -0.3 is 20.3 Å². The van der Waals surface area contributed by atoms with Gasteiger partial charge in [0.25, 0.3) is 0 Å².